The highest BCUT2D eigenvalue weighted by molar-refractivity contribution is 7.92. The van der Waals surface area contributed by atoms with Gasteiger partial charge in [-0.1, -0.05) is 24.3 Å². The zero-order chi connectivity index (χ0) is 23.4. The zero-order valence-corrected chi connectivity index (χ0v) is 18.8. The van der Waals surface area contributed by atoms with E-state index in [2.05, 4.69) is 10.8 Å². The zero-order valence-electron chi connectivity index (χ0n) is 18.0. The number of nitrogens with two attached hydrogens (primary N) is 1. The Morgan fingerprint density at radius 3 is 2.61 bits per heavy atom. The molecular weight excluding hydrogens is 436 g/mol. The van der Waals surface area contributed by atoms with Gasteiger partial charge in [0.2, 0.25) is 5.91 Å². The standard InChI is InChI=1S/C25H24N4O3S/c26-17-18-8-9-19(23(27)15-18)10-13-25(30)29-14-4-5-20-16-21(11-12-24(20)29)28-33(31,32)22-6-2-1-3-7-22/h1-3,6-9,11-12,15-16,28H,4-5,10,13-14,27H2. The van der Waals surface area contributed by atoms with Gasteiger partial charge in [0.25, 0.3) is 10.0 Å². The largest absolute Gasteiger partial charge is 0.398 e. The number of amides is 1. The van der Waals surface area contributed by atoms with Crippen LogP contribution in [0.1, 0.15) is 29.5 Å². The summed E-state index contributed by atoms with van der Waals surface area (Å²) in [5, 5.41) is 8.97. The third kappa shape index (κ3) is 4.99. The Labute approximate surface area is 193 Å². The van der Waals surface area contributed by atoms with E-state index < -0.39 is 10.0 Å². The molecule has 1 heterocycles. The van der Waals surface area contributed by atoms with Gasteiger partial charge in [-0.3, -0.25) is 9.52 Å². The van der Waals surface area contributed by atoms with Gasteiger partial charge >= 0.3 is 0 Å². The molecular formula is C25H24N4O3S. The number of rotatable bonds is 6. The summed E-state index contributed by atoms with van der Waals surface area (Å²) >= 11 is 0. The fourth-order valence-corrected chi connectivity index (χ4v) is 5.07. The van der Waals surface area contributed by atoms with E-state index in [9.17, 15) is 13.2 Å². The van der Waals surface area contributed by atoms with E-state index in [1.165, 1.54) is 0 Å². The number of sulfonamides is 1. The number of nitrogens with zero attached hydrogens (tertiary/aromatic N) is 2. The fourth-order valence-electron chi connectivity index (χ4n) is 4.00. The highest BCUT2D eigenvalue weighted by atomic mass is 32.2. The monoisotopic (exact) mass is 460 g/mol. The number of carbonyl (C=O) groups is 1. The predicted octanol–water partition coefficient (Wildman–Crippen LogP) is 3.85. The van der Waals surface area contributed by atoms with E-state index in [1.54, 1.807) is 71.6 Å². The summed E-state index contributed by atoms with van der Waals surface area (Å²) in [6.07, 6.45) is 2.34. The van der Waals surface area contributed by atoms with Crippen LogP contribution in [0.5, 0.6) is 0 Å². The summed E-state index contributed by atoms with van der Waals surface area (Å²) < 4.78 is 27.9. The lowest BCUT2D eigenvalue weighted by Crippen LogP contribution is -2.35. The Morgan fingerprint density at radius 2 is 1.88 bits per heavy atom. The molecule has 0 aliphatic carbocycles. The molecule has 3 aromatic carbocycles. The Hall–Kier alpha value is -3.83. The molecule has 1 aliphatic heterocycles. The Morgan fingerprint density at radius 1 is 1.09 bits per heavy atom. The molecule has 168 valence electrons. The van der Waals surface area contributed by atoms with Crippen molar-refractivity contribution in [3.05, 3.63) is 83.4 Å². The number of aryl methyl sites for hydroxylation is 2. The van der Waals surface area contributed by atoms with E-state index in [0.29, 0.717) is 29.9 Å². The van der Waals surface area contributed by atoms with Crippen LogP contribution in [0, 0.1) is 11.3 Å². The number of fused-ring (bicyclic) bond motifs is 1. The minimum absolute atomic E-state index is 0.0164. The molecule has 0 unspecified atom stereocenters. The summed E-state index contributed by atoms with van der Waals surface area (Å²) in [6.45, 7) is 0.615. The van der Waals surface area contributed by atoms with Gasteiger partial charge in [-0.2, -0.15) is 5.26 Å². The first kappa shape index (κ1) is 22.4. The van der Waals surface area contributed by atoms with Crippen LogP contribution in [0.2, 0.25) is 0 Å². The van der Waals surface area contributed by atoms with Crippen molar-refractivity contribution < 1.29 is 13.2 Å². The lowest BCUT2D eigenvalue weighted by Gasteiger charge is -2.30. The van der Waals surface area contributed by atoms with E-state index in [4.69, 9.17) is 11.0 Å². The van der Waals surface area contributed by atoms with Crippen molar-refractivity contribution >= 4 is 33.0 Å². The van der Waals surface area contributed by atoms with Crippen molar-refractivity contribution in [2.24, 2.45) is 0 Å². The van der Waals surface area contributed by atoms with E-state index in [1.807, 2.05) is 0 Å². The SMILES string of the molecule is N#Cc1ccc(CCC(=O)N2CCCc3cc(NS(=O)(=O)c4ccccc4)ccc32)c(N)c1. The van der Waals surface area contributed by atoms with E-state index in [0.717, 1.165) is 29.7 Å². The summed E-state index contributed by atoms with van der Waals surface area (Å²) in [7, 11) is -3.68. The lowest BCUT2D eigenvalue weighted by atomic mass is 9.99. The number of nitrogen functional groups attached to an aromatic ring is 1. The smallest absolute Gasteiger partial charge is 0.261 e. The maximum Gasteiger partial charge on any atom is 0.261 e. The molecule has 3 N–H and O–H groups in total. The second-order valence-electron chi connectivity index (χ2n) is 7.94. The highest BCUT2D eigenvalue weighted by Gasteiger charge is 2.23. The first-order valence-electron chi connectivity index (χ1n) is 10.7. The van der Waals surface area contributed by atoms with Gasteiger partial charge < -0.3 is 10.6 Å². The summed E-state index contributed by atoms with van der Waals surface area (Å²) in [5.74, 6) is -0.0164. The van der Waals surface area contributed by atoms with Crippen LogP contribution < -0.4 is 15.4 Å². The van der Waals surface area contributed by atoms with Crippen LogP contribution in [0.15, 0.2) is 71.6 Å². The molecule has 1 amide bonds. The van der Waals surface area contributed by atoms with Crippen LogP contribution in [0.3, 0.4) is 0 Å². The summed E-state index contributed by atoms with van der Waals surface area (Å²) in [5.41, 5.74) is 10.1. The minimum Gasteiger partial charge on any atom is -0.398 e. The first-order chi connectivity index (χ1) is 15.9. The van der Waals surface area contributed by atoms with Gasteiger partial charge in [-0.15, -0.1) is 0 Å². The normalized spacial score (nSPS) is 13.1. The number of hydrogen-bond donors (Lipinski definition) is 2. The third-order valence-electron chi connectivity index (χ3n) is 5.69. The van der Waals surface area contributed by atoms with Crippen LogP contribution >= 0.6 is 0 Å². The summed E-state index contributed by atoms with van der Waals surface area (Å²) in [6, 6.07) is 20.6. The Balaban J connectivity index is 1.48. The topological polar surface area (TPSA) is 116 Å². The number of hydrogen-bond acceptors (Lipinski definition) is 5. The molecule has 4 rings (SSSR count). The highest BCUT2D eigenvalue weighted by Crippen LogP contribution is 2.31. The molecule has 0 aromatic heterocycles. The average molecular weight is 461 g/mol. The molecule has 0 bridgehead atoms. The van der Waals surface area contributed by atoms with Gasteiger partial charge in [0.15, 0.2) is 0 Å². The van der Waals surface area contributed by atoms with Gasteiger partial charge in [0.05, 0.1) is 16.5 Å². The Kier molecular flexibility index (Phi) is 6.33. The van der Waals surface area contributed by atoms with Crippen molar-refractivity contribution in [2.45, 2.75) is 30.6 Å². The van der Waals surface area contributed by atoms with Gasteiger partial charge in [0, 0.05) is 30.0 Å². The van der Waals surface area contributed by atoms with Crippen molar-refractivity contribution in [2.75, 3.05) is 21.9 Å². The van der Waals surface area contributed by atoms with Gasteiger partial charge in [0.1, 0.15) is 0 Å². The number of anilines is 3. The molecule has 33 heavy (non-hydrogen) atoms. The van der Waals surface area contributed by atoms with Crippen molar-refractivity contribution in [3.63, 3.8) is 0 Å². The molecule has 7 nitrogen and oxygen atoms in total. The van der Waals surface area contributed by atoms with E-state index in [-0.39, 0.29) is 17.2 Å². The van der Waals surface area contributed by atoms with Crippen molar-refractivity contribution in [3.8, 4) is 6.07 Å². The van der Waals surface area contributed by atoms with Crippen LogP contribution in [0.25, 0.3) is 0 Å². The number of nitriles is 1. The van der Waals surface area contributed by atoms with Crippen LogP contribution in [0.4, 0.5) is 17.1 Å². The molecule has 0 spiro atoms. The first-order valence-corrected chi connectivity index (χ1v) is 12.2. The molecule has 0 radical (unpaired) electrons. The maximum atomic E-state index is 13.0. The van der Waals surface area contributed by atoms with Gasteiger partial charge in [-0.05, 0) is 72.9 Å². The second kappa shape index (κ2) is 9.35. The third-order valence-corrected chi connectivity index (χ3v) is 7.09. The number of carbonyl (C=O) groups excluding carboxylic acids is 1. The number of nitrogens with one attached hydrogen (secondary N) is 1. The minimum atomic E-state index is -3.68. The molecule has 0 saturated carbocycles. The quantitative estimate of drug-likeness (QED) is 0.542. The molecule has 3 aromatic rings. The molecule has 0 fully saturated rings. The predicted molar refractivity (Wildman–Crippen MR) is 128 cm³/mol. The maximum absolute atomic E-state index is 13.0. The molecule has 0 saturated heterocycles. The lowest BCUT2D eigenvalue weighted by molar-refractivity contribution is -0.118. The second-order valence-corrected chi connectivity index (χ2v) is 9.62. The molecule has 0 atom stereocenters. The van der Waals surface area contributed by atoms with Crippen molar-refractivity contribution in [1.29, 1.82) is 5.26 Å². The fraction of sp³-hybridized carbons (Fsp3) is 0.200. The molecule has 8 heteroatoms. The molecule has 1 aliphatic rings. The van der Waals surface area contributed by atoms with Crippen molar-refractivity contribution in [1.82, 2.24) is 0 Å². The van der Waals surface area contributed by atoms with Crippen LogP contribution in [-0.4, -0.2) is 20.9 Å². The summed E-state index contributed by atoms with van der Waals surface area (Å²) in [4.78, 5) is 14.9. The number of benzene rings is 3. The van der Waals surface area contributed by atoms with Gasteiger partial charge in [-0.25, -0.2) is 8.42 Å². The van der Waals surface area contributed by atoms with Crippen LogP contribution in [-0.2, 0) is 27.7 Å². The van der Waals surface area contributed by atoms with E-state index >= 15 is 0 Å². The Bertz CT molecular complexity index is 1330. The average Bonchev–Trinajstić information content (AvgIpc) is 2.82.